The number of hydrogen-bond acceptors (Lipinski definition) is 4. The highest BCUT2D eigenvalue weighted by atomic mass is 16.7. The van der Waals surface area contributed by atoms with E-state index in [-0.39, 0.29) is 12.5 Å². The average molecular weight is 257 g/mol. The molecule has 1 heterocycles. The van der Waals surface area contributed by atoms with Crippen molar-refractivity contribution in [3.8, 4) is 28.4 Å². The van der Waals surface area contributed by atoms with Crippen molar-refractivity contribution in [1.82, 2.24) is 0 Å². The van der Waals surface area contributed by atoms with Gasteiger partial charge in [-0.25, -0.2) is 0 Å². The highest BCUT2D eigenvalue weighted by Crippen LogP contribution is 2.42. The van der Waals surface area contributed by atoms with Crippen LogP contribution in [0.3, 0.4) is 0 Å². The van der Waals surface area contributed by atoms with Crippen LogP contribution in [0.4, 0.5) is 5.69 Å². The molecule has 4 nitrogen and oxygen atoms in total. The smallest absolute Gasteiger partial charge is 0.231 e. The molecule has 0 amide bonds. The molecule has 0 fully saturated rings. The van der Waals surface area contributed by atoms with Gasteiger partial charge in [0.2, 0.25) is 6.79 Å². The molecule has 1 aliphatic rings. The van der Waals surface area contributed by atoms with E-state index in [2.05, 4.69) is 0 Å². The number of fused-ring (bicyclic) bond motifs is 1. The SMILES string of the molecule is CN(C)c1cccc(O)c1-c1ccc2c(c1)OCO2. The van der Waals surface area contributed by atoms with Gasteiger partial charge in [-0.15, -0.1) is 0 Å². The molecule has 0 aromatic heterocycles. The van der Waals surface area contributed by atoms with Crippen molar-refractivity contribution in [2.45, 2.75) is 0 Å². The molecule has 4 heteroatoms. The van der Waals surface area contributed by atoms with Crippen molar-refractivity contribution in [3.63, 3.8) is 0 Å². The number of aromatic hydroxyl groups is 1. The Hall–Kier alpha value is -2.36. The first kappa shape index (κ1) is 11.7. The van der Waals surface area contributed by atoms with E-state index in [1.54, 1.807) is 6.07 Å². The lowest BCUT2D eigenvalue weighted by Gasteiger charge is -2.18. The highest BCUT2D eigenvalue weighted by molar-refractivity contribution is 5.84. The van der Waals surface area contributed by atoms with Gasteiger partial charge >= 0.3 is 0 Å². The van der Waals surface area contributed by atoms with Crippen LogP contribution in [0, 0.1) is 0 Å². The number of anilines is 1. The Labute approximate surface area is 111 Å². The van der Waals surface area contributed by atoms with Gasteiger partial charge in [-0.1, -0.05) is 12.1 Å². The third kappa shape index (κ3) is 1.95. The minimum atomic E-state index is 0.250. The monoisotopic (exact) mass is 257 g/mol. The third-order valence-electron chi connectivity index (χ3n) is 3.16. The summed E-state index contributed by atoms with van der Waals surface area (Å²) in [4.78, 5) is 1.97. The summed E-state index contributed by atoms with van der Waals surface area (Å²) in [6.07, 6.45) is 0. The van der Waals surface area contributed by atoms with Gasteiger partial charge in [0.05, 0.1) is 0 Å². The van der Waals surface area contributed by atoms with Crippen LogP contribution in [-0.2, 0) is 0 Å². The molecule has 3 rings (SSSR count). The molecule has 98 valence electrons. The molecule has 0 radical (unpaired) electrons. The summed E-state index contributed by atoms with van der Waals surface area (Å²) < 4.78 is 10.7. The fraction of sp³-hybridized carbons (Fsp3) is 0.200. The van der Waals surface area contributed by atoms with Crippen LogP contribution in [0.1, 0.15) is 0 Å². The highest BCUT2D eigenvalue weighted by Gasteiger charge is 2.17. The fourth-order valence-corrected chi connectivity index (χ4v) is 2.25. The topological polar surface area (TPSA) is 41.9 Å². The molecule has 0 saturated carbocycles. The predicted octanol–water partition coefficient (Wildman–Crippen LogP) is 2.85. The summed E-state index contributed by atoms with van der Waals surface area (Å²) in [5.41, 5.74) is 2.66. The van der Waals surface area contributed by atoms with Crippen molar-refractivity contribution in [3.05, 3.63) is 36.4 Å². The lowest BCUT2D eigenvalue weighted by atomic mass is 10.0. The summed E-state index contributed by atoms with van der Waals surface area (Å²) in [5.74, 6) is 1.71. The Bertz CT molecular complexity index is 623. The van der Waals surface area contributed by atoms with Crippen LogP contribution >= 0.6 is 0 Å². The summed E-state index contributed by atoms with van der Waals surface area (Å²) >= 11 is 0. The number of ether oxygens (including phenoxy) is 2. The van der Waals surface area contributed by atoms with Crippen LogP contribution in [0.5, 0.6) is 17.2 Å². The van der Waals surface area contributed by atoms with Crippen LogP contribution in [-0.4, -0.2) is 26.0 Å². The maximum atomic E-state index is 10.1. The molecule has 0 atom stereocenters. The first-order valence-corrected chi connectivity index (χ1v) is 6.06. The van der Waals surface area contributed by atoms with E-state index >= 15 is 0 Å². The molecule has 0 bridgehead atoms. The van der Waals surface area contributed by atoms with E-state index in [4.69, 9.17) is 9.47 Å². The van der Waals surface area contributed by atoms with Crippen molar-refractivity contribution in [2.75, 3.05) is 25.8 Å². The number of nitrogens with zero attached hydrogens (tertiary/aromatic N) is 1. The number of benzene rings is 2. The summed E-state index contributed by atoms with van der Waals surface area (Å²) in [6, 6.07) is 11.2. The van der Waals surface area contributed by atoms with Gasteiger partial charge in [-0.2, -0.15) is 0 Å². The molecule has 0 unspecified atom stereocenters. The maximum absolute atomic E-state index is 10.1. The largest absolute Gasteiger partial charge is 0.507 e. The van der Waals surface area contributed by atoms with Gasteiger partial charge in [-0.05, 0) is 29.8 Å². The number of phenolic OH excluding ortho intramolecular Hbond substituents is 1. The maximum Gasteiger partial charge on any atom is 0.231 e. The molecule has 0 aliphatic carbocycles. The molecule has 1 aliphatic heterocycles. The van der Waals surface area contributed by atoms with Gasteiger partial charge in [0.25, 0.3) is 0 Å². The molecule has 0 spiro atoms. The Morgan fingerprint density at radius 2 is 1.84 bits per heavy atom. The van der Waals surface area contributed by atoms with Gasteiger partial charge in [0, 0.05) is 25.3 Å². The molecule has 2 aromatic carbocycles. The van der Waals surface area contributed by atoms with E-state index in [9.17, 15) is 5.11 Å². The summed E-state index contributed by atoms with van der Waals surface area (Å²) in [6.45, 7) is 0.250. The van der Waals surface area contributed by atoms with Crippen molar-refractivity contribution < 1.29 is 14.6 Å². The fourth-order valence-electron chi connectivity index (χ4n) is 2.25. The minimum absolute atomic E-state index is 0.250. The number of rotatable bonds is 2. The van der Waals surface area contributed by atoms with Crippen molar-refractivity contribution in [2.24, 2.45) is 0 Å². The molecule has 0 saturated heterocycles. The van der Waals surface area contributed by atoms with Gasteiger partial charge in [0.1, 0.15) is 5.75 Å². The Kier molecular flexibility index (Phi) is 2.71. The van der Waals surface area contributed by atoms with E-state index < -0.39 is 0 Å². The third-order valence-corrected chi connectivity index (χ3v) is 3.16. The Morgan fingerprint density at radius 3 is 2.63 bits per heavy atom. The zero-order valence-electron chi connectivity index (χ0n) is 10.9. The van der Waals surface area contributed by atoms with Crippen LogP contribution in [0.15, 0.2) is 36.4 Å². The first-order valence-electron chi connectivity index (χ1n) is 6.06. The van der Waals surface area contributed by atoms with Gasteiger partial charge in [-0.3, -0.25) is 0 Å². The zero-order chi connectivity index (χ0) is 13.4. The summed E-state index contributed by atoms with van der Waals surface area (Å²) in [5, 5.41) is 10.1. The quantitative estimate of drug-likeness (QED) is 0.898. The molecular formula is C15H15NO3. The second kappa shape index (κ2) is 4.39. The van der Waals surface area contributed by atoms with Gasteiger partial charge in [0.15, 0.2) is 11.5 Å². The minimum Gasteiger partial charge on any atom is -0.507 e. The normalized spacial score (nSPS) is 12.5. The first-order chi connectivity index (χ1) is 9.16. The zero-order valence-corrected chi connectivity index (χ0v) is 10.9. The number of hydrogen-bond donors (Lipinski definition) is 1. The standard InChI is InChI=1S/C15H15NO3/c1-16(2)11-4-3-5-12(17)15(11)10-6-7-13-14(8-10)19-9-18-13/h3-8,17H,9H2,1-2H3. The molecule has 2 aromatic rings. The van der Waals surface area contributed by atoms with Crippen LogP contribution < -0.4 is 14.4 Å². The Balaban J connectivity index is 2.16. The molecule has 1 N–H and O–H groups in total. The summed E-state index contributed by atoms with van der Waals surface area (Å²) in [7, 11) is 3.90. The van der Waals surface area contributed by atoms with E-state index in [0.717, 1.165) is 22.6 Å². The second-order valence-corrected chi connectivity index (χ2v) is 4.63. The van der Waals surface area contributed by atoms with Crippen LogP contribution in [0.2, 0.25) is 0 Å². The second-order valence-electron chi connectivity index (χ2n) is 4.63. The van der Waals surface area contributed by atoms with E-state index in [1.807, 2.05) is 49.3 Å². The van der Waals surface area contributed by atoms with E-state index in [1.165, 1.54) is 0 Å². The van der Waals surface area contributed by atoms with Gasteiger partial charge < -0.3 is 19.5 Å². The molecular weight excluding hydrogens is 242 g/mol. The lowest BCUT2D eigenvalue weighted by molar-refractivity contribution is 0.174. The Morgan fingerprint density at radius 1 is 1.05 bits per heavy atom. The van der Waals surface area contributed by atoms with Crippen molar-refractivity contribution >= 4 is 5.69 Å². The molecule has 19 heavy (non-hydrogen) atoms. The van der Waals surface area contributed by atoms with Crippen LogP contribution in [0.25, 0.3) is 11.1 Å². The number of phenols is 1. The average Bonchev–Trinajstić information content (AvgIpc) is 2.85. The van der Waals surface area contributed by atoms with Crippen molar-refractivity contribution in [1.29, 1.82) is 0 Å². The lowest BCUT2D eigenvalue weighted by Crippen LogP contribution is -2.09. The predicted molar refractivity (Wildman–Crippen MR) is 74.0 cm³/mol. The van der Waals surface area contributed by atoms with E-state index in [0.29, 0.717) is 5.75 Å².